The van der Waals surface area contributed by atoms with E-state index in [1.54, 1.807) is 0 Å². The molecule has 0 aromatic heterocycles. The summed E-state index contributed by atoms with van der Waals surface area (Å²) in [4.78, 5) is 7.05. The van der Waals surface area contributed by atoms with Gasteiger partial charge in [-0.05, 0) is 24.3 Å². The van der Waals surface area contributed by atoms with Crippen LogP contribution in [0.15, 0.2) is 52.8 Å². The molecule has 0 aromatic carbocycles. The highest BCUT2D eigenvalue weighted by molar-refractivity contribution is 5.63. The van der Waals surface area contributed by atoms with Crippen molar-refractivity contribution in [1.82, 2.24) is 4.90 Å². The maximum Gasteiger partial charge on any atom is 0.131 e. The van der Waals surface area contributed by atoms with Crippen LogP contribution in [0.4, 0.5) is 0 Å². The second-order valence-corrected chi connectivity index (χ2v) is 4.80. The normalized spacial score (nSPS) is 26.6. The third-order valence-corrected chi connectivity index (χ3v) is 3.54. The highest BCUT2D eigenvalue weighted by atomic mass is 15.2. The molecule has 1 aliphatic carbocycles. The molecule has 0 saturated heterocycles. The first-order valence-electron chi connectivity index (χ1n) is 6.44. The summed E-state index contributed by atoms with van der Waals surface area (Å²) >= 11 is 0. The van der Waals surface area contributed by atoms with E-state index in [-0.39, 0.29) is 0 Å². The third-order valence-electron chi connectivity index (χ3n) is 3.54. The number of hydrogen-bond donors (Lipinski definition) is 0. The molecule has 0 spiro atoms. The molecule has 1 atom stereocenters. The van der Waals surface area contributed by atoms with Crippen LogP contribution in [0.2, 0.25) is 0 Å². The second-order valence-electron chi connectivity index (χ2n) is 4.80. The number of rotatable bonds is 2. The van der Waals surface area contributed by atoms with Gasteiger partial charge in [0.15, 0.2) is 0 Å². The first-order valence-corrected chi connectivity index (χ1v) is 6.44. The molecule has 3 aliphatic rings. The van der Waals surface area contributed by atoms with Gasteiger partial charge in [0.2, 0.25) is 0 Å². The van der Waals surface area contributed by atoms with Crippen molar-refractivity contribution in [2.45, 2.75) is 19.3 Å². The second kappa shape index (κ2) is 4.74. The van der Waals surface area contributed by atoms with E-state index in [1.165, 1.54) is 11.4 Å². The summed E-state index contributed by atoms with van der Waals surface area (Å²) < 4.78 is 0. The third kappa shape index (κ3) is 2.26. The fourth-order valence-corrected chi connectivity index (χ4v) is 2.64. The minimum absolute atomic E-state index is 0.647. The lowest BCUT2D eigenvalue weighted by atomic mass is 10.0. The molecule has 0 fully saturated rings. The summed E-state index contributed by atoms with van der Waals surface area (Å²) in [6, 6.07) is 0. The van der Waals surface area contributed by atoms with Crippen LogP contribution < -0.4 is 0 Å². The SMILES string of the molecule is C1=CCC(CN2CCC3=C2N=CCC=C3)C=C1. The molecular formula is C15H18N2. The van der Waals surface area contributed by atoms with Crippen LogP contribution >= 0.6 is 0 Å². The van der Waals surface area contributed by atoms with Crippen molar-refractivity contribution in [2.75, 3.05) is 13.1 Å². The number of aliphatic imine (C=N–C) groups is 1. The molecule has 2 aliphatic heterocycles. The van der Waals surface area contributed by atoms with E-state index in [2.05, 4.69) is 46.3 Å². The lowest BCUT2D eigenvalue weighted by molar-refractivity contribution is 0.332. The Kier molecular flexibility index (Phi) is 2.95. The Bertz CT molecular complexity index is 438. The molecule has 0 bridgehead atoms. The maximum atomic E-state index is 4.61. The minimum atomic E-state index is 0.647. The number of hydrogen-bond acceptors (Lipinski definition) is 2. The van der Waals surface area contributed by atoms with Crippen molar-refractivity contribution >= 4 is 6.21 Å². The monoisotopic (exact) mass is 226 g/mol. The lowest BCUT2D eigenvalue weighted by Crippen LogP contribution is -2.25. The van der Waals surface area contributed by atoms with Gasteiger partial charge in [0.25, 0.3) is 0 Å². The minimum Gasteiger partial charge on any atom is -0.355 e. The molecule has 88 valence electrons. The van der Waals surface area contributed by atoms with Crippen molar-refractivity contribution in [3.63, 3.8) is 0 Å². The summed E-state index contributed by atoms with van der Waals surface area (Å²) in [5.41, 5.74) is 1.41. The molecule has 0 radical (unpaired) electrons. The van der Waals surface area contributed by atoms with Gasteiger partial charge in [-0.3, -0.25) is 0 Å². The van der Waals surface area contributed by atoms with E-state index in [0.717, 1.165) is 32.4 Å². The van der Waals surface area contributed by atoms with Gasteiger partial charge in [-0.2, -0.15) is 0 Å². The van der Waals surface area contributed by atoms with Crippen LogP contribution in [0.1, 0.15) is 19.3 Å². The van der Waals surface area contributed by atoms with Gasteiger partial charge in [0.1, 0.15) is 5.82 Å². The van der Waals surface area contributed by atoms with Gasteiger partial charge in [-0.1, -0.05) is 36.5 Å². The quantitative estimate of drug-likeness (QED) is 0.706. The van der Waals surface area contributed by atoms with Crippen LogP contribution in [0, 0.1) is 5.92 Å². The van der Waals surface area contributed by atoms with Crippen molar-refractivity contribution < 1.29 is 0 Å². The Morgan fingerprint density at radius 1 is 1.29 bits per heavy atom. The fraction of sp³-hybridized carbons (Fsp3) is 0.400. The maximum absolute atomic E-state index is 4.61. The number of nitrogens with zero attached hydrogens (tertiary/aromatic N) is 2. The van der Waals surface area contributed by atoms with Gasteiger partial charge in [0.05, 0.1) is 0 Å². The first kappa shape index (κ1) is 10.6. The van der Waals surface area contributed by atoms with Gasteiger partial charge in [-0.25, -0.2) is 4.99 Å². The Labute approximate surface area is 103 Å². The van der Waals surface area contributed by atoms with Crippen molar-refractivity contribution in [1.29, 1.82) is 0 Å². The van der Waals surface area contributed by atoms with E-state index in [4.69, 9.17) is 0 Å². The summed E-state index contributed by atoms with van der Waals surface area (Å²) in [6.07, 6.45) is 18.6. The zero-order valence-electron chi connectivity index (χ0n) is 10.0. The molecule has 1 unspecified atom stereocenters. The molecule has 2 heterocycles. The molecule has 0 amide bonds. The van der Waals surface area contributed by atoms with Gasteiger partial charge < -0.3 is 4.90 Å². The van der Waals surface area contributed by atoms with Gasteiger partial charge in [0, 0.05) is 25.7 Å². The molecule has 2 nitrogen and oxygen atoms in total. The van der Waals surface area contributed by atoms with Crippen LogP contribution in [0.25, 0.3) is 0 Å². The Balaban J connectivity index is 1.72. The van der Waals surface area contributed by atoms with Crippen molar-refractivity contribution in [3.8, 4) is 0 Å². The summed E-state index contributed by atoms with van der Waals surface area (Å²) in [6.45, 7) is 2.23. The largest absolute Gasteiger partial charge is 0.355 e. The molecule has 0 aromatic rings. The molecule has 0 N–H and O–H groups in total. The van der Waals surface area contributed by atoms with Crippen LogP contribution in [0.5, 0.6) is 0 Å². The molecule has 17 heavy (non-hydrogen) atoms. The fourth-order valence-electron chi connectivity index (χ4n) is 2.64. The number of allylic oxidation sites excluding steroid dienone is 5. The van der Waals surface area contributed by atoms with Crippen LogP contribution in [-0.2, 0) is 0 Å². The van der Waals surface area contributed by atoms with Crippen molar-refractivity contribution in [2.24, 2.45) is 10.9 Å². The highest BCUT2D eigenvalue weighted by Crippen LogP contribution is 2.28. The molecular weight excluding hydrogens is 208 g/mol. The Hall–Kier alpha value is -1.57. The van der Waals surface area contributed by atoms with E-state index < -0.39 is 0 Å². The average Bonchev–Trinajstić information content (AvgIpc) is 2.61. The van der Waals surface area contributed by atoms with Crippen LogP contribution in [-0.4, -0.2) is 24.2 Å². The zero-order chi connectivity index (χ0) is 11.5. The predicted molar refractivity (Wildman–Crippen MR) is 71.9 cm³/mol. The highest BCUT2D eigenvalue weighted by Gasteiger charge is 2.22. The summed E-state index contributed by atoms with van der Waals surface area (Å²) in [5, 5.41) is 0. The Morgan fingerprint density at radius 2 is 2.29 bits per heavy atom. The predicted octanol–water partition coefficient (Wildman–Crippen LogP) is 3.07. The van der Waals surface area contributed by atoms with E-state index >= 15 is 0 Å². The standard InChI is InChI=1S/C15H18N2/c1-2-6-13(7-3-1)12-17-11-9-14-8-4-5-10-16-15(14)17/h1-4,6,8,10,13H,5,7,9,11-12H2. The van der Waals surface area contributed by atoms with E-state index in [1.807, 2.05) is 6.21 Å². The summed E-state index contributed by atoms with van der Waals surface area (Å²) in [7, 11) is 0. The van der Waals surface area contributed by atoms with Crippen LogP contribution in [0.3, 0.4) is 0 Å². The van der Waals surface area contributed by atoms with E-state index in [0.29, 0.717) is 5.92 Å². The van der Waals surface area contributed by atoms with Gasteiger partial charge in [-0.15, -0.1) is 0 Å². The zero-order valence-corrected chi connectivity index (χ0v) is 10.0. The topological polar surface area (TPSA) is 15.6 Å². The first-order chi connectivity index (χ1) is 8.43. The van der Waals surface area contributed by atoms with Gasteiger partial charge >= 0.3 is 0 Å². The summed E-state index contributed by atoms with van der Waals surface area (Å²) in [5.74, 6) is 1.86. The van der Waals surface area contributed by atoms with Crippen molar-refractivity contribution in [3.05, 3.63) is 47.9 Å². The molecule has 0 saturated carbocycles. The lowest BCUT2D eigenvalue weighted by Gasteiger charge is -2.24. The smallest absolute Gasteiger partial charge is 0.131 e. The molecule has 3 rings (SSSR count). The van der Waals surface area contributed by atoms with E-state index in [9.17, 15) is 0 Å². The molecule has 2 heteroatoms. The average molecular weight is 226 g/mol. The Morgan fingerprint density at radius 3 is 3.18 bits per heavy atom.